The Morgan fingerprint density at radius 1 is 1.17 bits per heavy atom. The van der Waals surface area contributed by atoms with Crippen LogP contribution in [0.5, 0.6) is 0 Å². The second-order valence-electron chi connectivity index (χ2n) is 4.02. The van der Waals surface area contributed by atoms with Gasteiger partial charge in [0.2, 0.25) is 0 Å². The molecule has 0 radical (unpaired) electrons. The Hall–Kier alpha value is -1.65. The lowest BCUT2D eigenvalue weighted by Crippen LogP contribution is -2.04. The molecule has 0 aromatic heterocycles. The van der Waals surface area contributed by atoms with Gasteiger partial charge in [-0.25, -0.2) is 0 Å². The van der Waals surface area contributed by atoms with Crippen molar-refractivity contribution in [1.29, 1.82) is 0 Å². The zero-order chi connectivity index (χ0) is 13.2. The van der Waals surface area contributed by atoms with Crippen LogP contribution in [0.4, 0.5) is 0 Å². The molecule has 2 aromatic carbocycles. The molecule has 4 heteroatoms. The van der Waals surface area contributed by atoms with Gasteiger partial charge in [-0.15, -0.1) is 0 Å². The number of hydrogen-bond acceptors (Lipinski definition) is 2. The van der Waals surface area contributed by atoms with Crippen LogP contribution < -0.4 is 0 Å². The summed E-state index contributed by atoms with van der Waals surface area (Å²) < 4.78 is 32.5. The summed E-state index contributed by atoms with van der Waals surface area (Å²) in [6.45, 7) is 1.87. The average Bonchev–Trinajstić information content (AvgIpc) is 2.34. The molecule has 0 heterocycles. The zero-order valence-corrected chi connectivity index (χ0v) is 10.8. The quantitative estimate of drug-likeness (QED) is 0.682. The highest BCUT2D eigenvalue weighted by molar-refractivity contribution is 7.86. The highest BCUT2D eigenvalue weighted by Crippen LogP contribution is 2.27. The van der Waals surface area contributed by atoms with E-state index in [1.54, 1.807) is 18.2 Å². The van der Waals surface area contributed by atoms with Crippen molar-refractivity contribution in [3.63, 3.8) is 0 Å². The fourth-order valence-electron chi connectivity index (χ4n) is 2.00. The first kappa shape index (κ1) is 12.8. The third-order valence-electron chi connectivity index (χ3n) is 2.79. The summed E-state index contributed by atoms with van der Waals surface area (Å²) in [7, 11) is -4.22. The van der Waals surface area contributed by atoms with Crippen molar-refractivity contribution >= 4 is 20.9 Å². The average molecular weight is 262 g/mol. The standard InChI is InChI=1S/C14H14O3S/c1-2-3-6-12-10-9-11-7-4-5-8-13(11)14(12)18(15,16)17/h2-5,7-10H,6H2,1H3,(H,15,16,17). The van der Waals surface area contributed by atoms with Crippen LogP contribution in [-0.4, -0.2) is 13.0 Å². The molecule has 0 unspecified atom stereocenters. The van der Waals surface area contributed by atoms with E-state index in [0.29, 0.717) is 17.4 Å². The second-order valence-corrected chi connectivity index (χ2v) is 5.38. The Bertz CT molecular complexity index is 700. The molecule has 3 nitrogen and oxygen atoms in total. The fourth-order valence-corrected chi connectivity index (χ4v) is 2.94. The molecule has 0 spiro atoms. The van der Waals surface area contributed by atoms with E-state index in [9.17, 15) is 13.0 Å². The highest BCUT2D eigenvalue weighted by atomic mass is 32.2. The molecule has 0 saturated carbocycles. The lowest BCUT2D eigenvalue weighted by atomic mass is 10.0. The molecule has 1 N–H and O–H groups in total. The van der Waals surface area contributed by atoms with Crippen LogP contribution in [0.2, 0.25) is 0 Å². The van der Waals surface area contributed by atoms with Crippen molar-refractivity contribution in [3.8, 4) is 0 Å². The van der Waals surface area contributed by atoms with Crippen LogP contribution in [0.25, 0.3) is 10.8 Å². The lowest BCUT2D eigenvalue weighted by molar-refractivity contribution is 0.483. The van der Waals surface area contributed by atoms with E-state index >= 15 is 0 Å². The van der Waals surface area contributed by atoms with Gasteiger partial charge in [-0.1, -0.05) is 48.6 Å². The summed E-state index contributed by atoms with van der Waals surface area (Å²) >= 11 is 0. The van der Waals surface area contributed by atoms with Crippen molar-refractivity contribution in [2.24, 2.45) is 0 Å². The maximum Gasteiger partial charge on any atom is 0.295 e. The van der Waals surface area contributed by atoms with Crippen LogP contribution in [0.3, 0.4) is 0 Å². The first-order chi connectivity index (χ1) is 8.54. The monoisotopic (exact) mass is 262 g/mol. The Morgan fingerprint density at radius 3 is 2.56 bits per heavy atom. The molecular formula is C14H14O3S. The molecule has 0 aliphatic carbocycles. The molecule has 0 atom stereocenters. The molecule has 2 rings (SSSR count). The van der Waals surface area contributed by atoms with E-state index in [4.69, 9.17) is 0 Å². The maximum atomic E-state index is 11.6. The van der Waals surface area contributed by atoms with Gasteiger partial charge in [-0.2, -0.15) is 8.42 Å². The molecule has 18 heavy (non-hydrogen) atoms. The molecule has 0 bridgehead atoms. The van der Waals surface area contributed by atoms with E-state index < -0.39 is 10.1 Å². The Kier molecular flexibility index (Phi) is 3.50. The normalized spacial score (nSPS) is 12.3. The first-order valence-corrected chi connectivity index (χ1v) is 7.07. The predicted molar refractivity (Wildman–Crippen MR) is 72.3 cm³/mol. The topological polar surface area (TPSA) is 54.4 Å². The molecule has 94 valence electrons. The lowest BCUT2D eigenvalue weighted by Gasteiger charge is -2.09. The van der Waals surface area contributed by atoms with Gasteiger partial charge in [0.25, 0.3) is 10.1 Å². The number of rotatable bonds is 3. The van der Waals surface area contributed by atoms with Crippen molar-refractivity contribution < 1.29 is 13.0 Å². The Morgan fingerprint density at radius 2 is 1.89 bits per heavy atom. The van der Waals surface area contributed by atoms with E-state index in [2.05, 4.69) is 0 Å². The summed E-state index contributed by atoms with van der Waals surface area (Å²) in [5, 5.41) is 1.36. The molecular weight excluding hydrogens is 248 g/mol. The van der Waals surface area contributed by atoms with Crippen LogP contribution in [0, 0.1) is 0 Å². The number of hydrogen-bond donors (Lipinski definition) is 1. The van der Waals surface area contributed by atoms with Gasteiger partial charge in [0.05, 0.1) is 0 Å². The van der Waals surface area contributed by atoms with E-state index in [1.807, 2.05) is 37.3 Å². The maximum absolute atomic E-state index is 11.6. The van der Waals surface area contributed by atoms with Crippen molar-refractivity contribution in [2.45, 2.75) is 18.2 Å². The molecule has 0 fully saturated rings. The SMILES string of the molecule is CC=CCc1ccc2ccccc2c1S(=O)(=O)O. The second kappa shape index (κ2) is 4.92. The molecule has 0 amide bonds. The fraction of sp³-hybridized carbons (Fsp3) is 0.143. The summed E-state index contributed by atoms with van der Waals surface area (Å²) in [5.41, 5.74) is 0.606. The van der Waals surface area contributed by atoms with Gasteiger partial charge in [-0.05, 0) is 24.3 Å². The predicted octanol–water partition coefficient (Wildman–Crippen LogP) is 3.21. The van der Waals surface area contributed by atoms with Crippen molar-refractivity contribution in [2.75, 3.05) is 0 Å². The van der Waals surface area contributed by atoms with E-state index in [-0.39, 0.29) is 4.90 Å². The zero-order valence-electron chi connectivity index (χ0n) is 10.00. The van der Waals surface area contributed by atoms with Crippen molar-refractivity contribution in [1.82, 2.24) is 0 Å². The molecule has 0 aliphatic rings. The minimum absolute atomic E-state index is 0.0127. The van der Waals surface area contributed by atoms with Crippen LogP contribution in [-0.2, 0) is 16.5 Å². The first-order valence-electron chi connectivity index (χ1n) is 5.63. The smallest absolute Gasteiger partial charge is 0.282 e. The van der Waals surface area contributed by atoms with Gasteiger partial charge in [0.1, 0.15) is 4.90 Å². The van der Waals surface area contributed by atoms with Gasteiger partial charge in [0, 0.05) is 5.39 Å². The number of allylic oxidation sites excluding steroid dienone is 2. The summed E-state index contributed by atoms with van der Waals surface area (Å²) in [6, 6.07) is 10.7. The molecule has 0 aliphatic heterocycles. The summed E-state index contributed by atoms with van der Waals surface area (Å²) in [4.78, 5) is 0.0127. The van der Waals surface area contributed by atoms with E-state index in [1.165, 1.54) is 0 Å². The van der Waals surface area contributed by atoms with Crippen LogP contribution in [0.15, 0.2) is 53.4 Å². The summed E-state index contributed by atoms with van der Waals surface area (Å²) in [5.74, 6) is 0. The van der Waals surface area contributed by atoms with Gasteiger partial charge in [0.15, 0.2) is 0 Å². The minimum atomic E-state index is -4.22. The van der Waals surface area contributed by atoms with E-state index in [0.717, 1.165) is 5.39 Å². The third-order valence-corrected chi connectivity index (χ3v) is 3.79. The van der Waals surface area contributed by atoms with Crippen LogP contribution in [0.1, 0.15) is 12.5 Å². The number of fused-ring (bicyclic) bond motifs is 1. The largest absolute Gasteiger partial charge is 0.295 e. The minimum Gasteiger partial charge on any atom is -0.282 e. The number of benzene rings is 2. The Balaban J connectivity index is 2.79. The van der Waals surface area contributed by atoms with Gasteiger partial charge < -0.3 is 0 Å². The van der Waals surface area contributed by atoms with Gasteiger partial charge in [-0.3, -0.25) is 4.55 Å². The molecule has 2 aromatic rings. The molecule has 0 saturated heterocycles. The van der Waals surface area contributed by atoms with Crippen molar-refractivity contribution in [3.05, 3.63) is 54.1 Å². The van der Waals surface area contributed by atoms with Crippen LogP contribution >= 0.6 is 0 Å². The third kappa shape index (κ3) is 2.44. The highest BCUT2D eigenvalue weighted by Gasteiger charge is 2.18. The van der Waals surface area contributed by atoms with Gasteiger partial charge >= 0.3 is 0 Å². The Labute approximate surface area is 107 Å². The summed E-state index contributed by atoms with van der Waals surface area (Å²) in [6.07, 6.45) is 4.19.